The summed E-state index contributed by atoms with van der Waals surface area (Å²) >= 11 is 0. The number of rotatable bonds is 3. The van der Waals surface area contributed by atoms with Crippen LogP contribution in [0.1, 0.15) is 20.3 Å². The number of allylic oxidation sites excluding steroid dienone is 1. The van der Waals surface area contributed by atoms with Crippen molar-refractivity contribution in [2.75, 3.05) is 26.3 Å². The molecule has 3 heteroatoms. The smallest absolute Gasteiger partial charge is 0.0642 e. The van der Waals surface area contributed by atoms with Gasteiger partial charge in [0.25, 0.3) is 0 Å². The molecule has 1 aliphatic rings. The van der Waals surface area contributed by atoms with Crippen LogP contribution >= 0.6 is 0 Å². The molecule has 0 aromatic heterocycles. The van der Waals surface area contributed by atoms with Crippen LogP contribution in [0.15, 0.2) is 12.3 Å². The Balaban J connectivity index is 0.00000144. The van der Waals surface area contributed by atoms with Crippen LogP contribution in [0, 0.1) is 5.92 Å². The average molecular weight is 187 g/mol. The number of morpholine rings is 1. The molecule has 0 aliphatic carbocycles. The molecule has 0 saturated carbocycles. The van der Waals surface area contributed by atoms with Crippen LogP contribution in [0.3, 0.4) is 0 Å². The van der Waals surface area contributed by atoms with Gasteiger partial charge in [0.1, 0.15) is 0 Å². The van der Waals surface area contributed by atoms with Crippen LogP contribution in [0.2, 0.25) is 0 Å². The van der Waals surface area contributed by atoms with Gasteiger partial charge in [0, 0.05) is 18.8 Å². The predicted molar refractivity (Wildman–Crippen MR) is 54.6 cm³/mol. The molecule has 0 amide bonds. The molecular weight excluding hydrogens is 166 g/mol. The van der Waals surface area contributed by atoms with Gasteiger partial charge in [-0.15, -0.1) is 0 Å². The summed E-state index contributed by atoms with van der Waals surface area (Å²) in [5, 5.41) is 0. The molecule has 1 saturated heterocycles. The van der Waals surface area contributed by atoms with Gasteiger partial charge in [-0.05, 0) is 12.3 Å². The molecule has 1 fully saturated rings. The molecule has 0 aromatic carbocycles. The zero-order valence-electron chi connectivity index (χ0n) is 8.68. The third-order valence-electron chi connectivity index (χ3n) is 2.10. The molecule has 0 aromatic rings. The lowest BCUT2D eigenvalue weighted by Gasteiger charge is -2.31. The molecule has 0 atom stereocenters. The molecule has 1 heterocycles. The summed E-state index contributed by atoms with van der Waals surface area (Å²) in [6, 6.07) is 0. The maximum atomic E-state index is 5.27. The van der Waals surface area contributed by atoms with Crippen LogP contribution < -0.4 is 0 Å². The minimum absolute atomic E-state index is 0. The second-order valence-corrected chi connectivity index (χ2v) is 3.76. The van der Waals surface area contributed by atoms with Gasteiger partial charge in [-0.1, -0.05) is 20.4 Å². The first-order valence-corrected chi connectivity index (χ1v) is 4.70. The zero-order chi connectivity index (χ0) is 8.97. The van der Waals surface area contributed by atoms with Gasteiger partial charge >= 0.3 is 0 Å². The Morgan fingerprint density at radius 2 is 1.92 bits per heavy atom. The first-order chi connectivity index (χ1) is 5.70. The molecule has 1 rings (SSSR count). The van der Waals surface area contributed by atoms with Crippen molar-refractivity contribution >= 4 is 0 Å². The van der Waals surface area contributed by atoms with E-state index >= 15 is 0 Å². The monoisotopic (exact) mass is 187 g/mol. The molecule has 13 heavy (non-hydrogen) atoms. The third-order valence-corrected chi connectivity index (χ3v) is 2.10. The number of hydrogen-bond donors (Lipinski definition) is 0. The second kappa shape index (κ2) is 6.00. The molecule has 3 nitrogen and oxygen atoms in total. The second-order valence-electron chi connectivity index (χ2n) is 3.76. The fourth-order valence-electron chi connectivity index (χ4n) is 1.48. The van der Waals surface area contributed by atoms with Crippen molar-refractivity contribution < 1.29 is 10.2 Å². The molecule has 0 spiro atoms. The Morgan fingerprint density at radius 3 is 2.38 bits per heavy atom. The van der Waals surface area contributed by atoms with Crippen molar-refractivity contribution in [2.24, 2.45) is 5.92 Å². The van der Waals surface area contributed by atoms with Crippen LogP contribution in [-0.4, -0.2) is 36.7 Å². The van der Waals surface area contributed by atoms with E-state index in [2.05, 4.69) is 25.3 Å². The van der Waals surface area contributed by atoms with Crippen molar-refractivity contribution in [1.82, 2.24) is 4.90 Å². The first-order valence-electron chi connectivity index (χ1n) is 4.70. The van der Waals surface area contributed by atoms with Gasteiger partial charge in [-0.25, -0.2) is 0 Å². The highest BCUT2D eigenvalue weighted by Crippen LogP contribution is 2.14. The van der Waals surface area contributed by atoms with Crippen LogP contribution in [0.25, 0.3) is 0 Å². The lowest BCUT2D eigenvalue weighted by molar-refractivity contribution is 0.0515. The predicted octanol–water partition coefficient (Wildman–Crippen LogP) is 1.05. The molecule has 78 valence electrons. The summed E-state index contributed by atoms with van der Waals surface area (Å²) in [6.45, 7) is 12.3. The Hall–Kier alpha value is -0.540. The van der Waals surface area contributed by atoms with E-state index < -0.39 is 0 Å². The van der Waals surface area contributed by atoms with Crippen molar-refractivity contribution in [1.29, 1.82) is 0 Å². The Bertz CT molecular complexity index is 151. The van der Waals surface area contributed by atoms with E-state index in [1.165, 1.54) is 5.70 Å². The molecule has 1 aliphatic heterocycles. The first kappa shape index (κ1) is 12.5. The van der Waals surface area contributed by atoms with E-state index in [0.717, 1.165) is 32.7 Å². The minimum atomic E-state index is 0. The largest absolute Gasteiger partial charge is 0.412 e. The lowest BCUT2D eigenvalue weighted by Crippen LogP contribution is -2.35. The van der Waals surface area contributed by atoms with Crippen LogP contribution in [-0.2, 0) is 4.74 Å². The van der Waals surface area contributed by atoms with Crippen molar-refractivity contribution in [2.45, 2.75) is 20.3 Å². The van der Waals surface area contributed by atoms with Crippen LogP contribution in [0.5, 0.6) is 0 Å². The molecule has 2 N–H and O–H groups in total. The van der Waals surface area contributed by atoms with E-state index in [4.69, 9.17) is 4.74 Å². The van der Waals surface area contributed by atoms with E-state index in [1.54, 1.807) is 0 Å². The number of hydrogen-bond acceptors (Lipinski definition) is 2. The van der Waals surface area contributed by atoms with Gasteiger partial charge in [0.05, 0.1) is 13.2 Å². The Kier molecular flexibility index (Phi) is 5.75. The highest BCUT2D eigenvalue weighted by Gasteiger charge is 2.12. The Labute approximate surface area is 80.7 Å². The molecule has 0 radical (unpaired) electrons. The normalized spacial score (nSPS) is 17.0. The molecule has 0 unspecified atom stereocenters. The van der Waals surface area contributed by atoms with Gasteiger partial charge < -0.3 is 15.1 Å². The van der Waals surface area contributed by atoms with Gasteiger partial charge in [-0.2, -0.15) is 0 Å². The Morgan fingerprint density at radius 1 is 1.38 bits per heavy atom. The minimum Gasteiger partial charge on any atom is -0.412 e. The third kappa shape index (κ3) is 4.29. The maximum Gasteiger partial charge on any atom is 0.0642 e. The van der Waals surface area contributed by atoms with Crippen LogP contribution in [0.4, 0.5) is 0 Å². The summed E-state index contributed by atoms with van der Waals surface area (Å²) in [5.41, 5.74) is 1.27. The van der Waals surface area contributed by atoms with Crippen molar-refractivity contribution in [3.05, 3.63) is 12.3 Å². The average Bonchev–Trinajstić information content (AvgIpc) is 2.05. The zero-order valence-corrected chi connectivity index (χ0v) is 8.68. The van der Waals surface area contributed by atoms with Crippen molar-refractivity contribution in [3.63, 3.8) is 0 Å². The topological polar surface area (TPSA) is 44.0 Å². The van der Waals surface area contributed by atoms with E-state index in [-0.39, 0.29) is 5.48 Å². The summed E-state index contributed by atoms with van der Waals surface area (Å²) in [6.07, 6.45) is 1.11. The summed E-state index contributed by atoms with van der Waals surface area (Å²) in [5.74, 6) is 0.709. The maximum absolute atomic E-state index is 5.27. The summed E-state index contributed by atoms with van der Waals surface area (Å²) < 4.78 is 5.27. The quantitative estimate of drug-likeness (QED) is 0.663. The van der Waals surface area contributed by atoms with Gasteiger partial charge in [0.15, 0.2) is 0 Å². The molecule has 0 bridgehead atoms. The highest BCUT2D eigenvalue weighted by molar-refractivity contribution is 4.95. The lowest BCUT2D eigenvalue weighted by atomic mass is 10.1. The molecular formula is C10H21NO2. The van der Waals surface area contributed by atoms with E-state index in [0.29, 0.717) is 5.92 Å². The highest BCUT2D eigenvalue weighted by atomic mass is 16.5. The summed E-state index contributed by atoms with van der Waals surface area (Å²) in [4.78, 5) is 2.34. The van der Waals surface area contributed by atoms with E-state index in [1.807, 2.05) is 0 Å². The number of ether oxygens (including phenoxy) is 1. The fraction of sp³-hybridized carbons (Fsp3) is 0.800. The van der Waals surface area contributed by atoms with Gasteiger partial charge in [0.2, 0.25) is 0 Å². The number of nitrogens with zero attached hydrogens (tertiary/aromatic N) is 1. The SMILES string of the molecule is C=C(CC(C)C)N1CCOCC1.O. The van der Waals surface area contributed by atoms with Gasteiger partial charge in [-0.3, -0.25) is 0 Å². The van der Waals surface area contributed by atoms with Crippen molar-refractivity contribution in [3.8, 4) is 0 Å². The van der Waals surface area contributed by atoms with E-state index in [9.17, 15) is 0 Å². The fourth-order valence-corrected chi connectivity index (χ4v) is 1.48. The summed E-state index contributed by atoms with van der Waals surface area (Å²) in [7, 11) is 0. The standard InChI is InChI=1S/C10H19NO.H2O/c1-9(2)8-10(3)11-4-6-12-7-5-11;/h9H,3-8H2,1-2H3;1H2.